The highest BCUT2D eigenvalue weighted by atomic mass is 16.8. The van der Waals surface area contributed by atoms with Crippen molar-refractivity contribution in [2.24, 2.45) is 0 Å². The monoisotopic (exact) mass is 526 g/mol. The first-order valence-electron chi connectivity index (χ1n) is 12.6. The third kappa shape index (κ3) is 6.65. The van der Waals surface area contributed by atoms with Gasteiger partial charge in [0.1, 0.15) is 11.9 Å². The predicted octanol–water partition coefficient (Wildman–Crippen LogP) is 3.23. The minimum Gasteiger partial charge on any atom is -0.497 e. The van der Waals surface area contributed by atoms with Crippen LogP contribution < -0.4 is 10.1 Å². The average Bonchev–Trinajstić information content (AvgIpc) is 3.30. The lowest BCUT2D eigenvalue weighted by Crippen LogP contribution is -2.42. The molecule has 204 valence electrons. The van der Waals surface area contributed by atoms with Gasteiger partial charge in [-0.15, -0.1) is 0 Å². The van der Waals surface area contributed by atoms with Gasteiger partial charge in [-0.1, -0.05) is 6.08 Å². The maximum absolute atomic E-state index is 12.8. The zero-order valence-corrected chi connectivity index (χ0v) is 22.0. The summed E-state index contributed by atoms with van der Waals surface area (Å²) in [5.41, 5.74) is 2.35. The van der Waals surface area contributed by atoms with Gasteiger partial charge in [-0.05, 0) is 56.9 Å². The molecular formula is C27H34N4O7. The molecular weight excluding hydrogens is 492 g/mol. The van der Waals surface area contributed by atoms with Crippen molar-refractivity contribution in [3.05, 3.63) is 54.0 Å². The van der Waals surface area contributed by atoms with E-state index in [9.17, 15) is 14.4 Å². The molecule has 0 radical (unpaired) electrons. The summed E-state index contributed by atoms with van der Waals surface area (Å²) in [6.07, 6.45) is 7.51. The number of nitrogens with one attached hydrogen (secondary N) is 1. The van der Waals surface area contributed by atoms with Gasteiger partial charge in [0.15, 0.2) is 0 Å². The van der Waals surface area contributed by atoms with Crippen molar-refractivity contribution in [1.82, 2.24) is 19.7 Å². The number of hydrogen-bond donors (Lipinski definition) is 1. The molecule has 2 aromatic rings. The second-order valence-corrected chi connectivity index (χ2v) is 9.44. The van der Waals surface area contributed by atoms with Crippen LogP contribution >= 0.6 is 0 Å². The number of fused-ring (bicyclic) bond motifs is 1. The third-order valence-electron chi connectivity index (χ3n) is 6.55. The third-order valence-corrected chi connectivity index (χ3v) is 6.55. The Kier molecular flexibility index (Phi) is 8.90. The standard InChI is InChI=1S/C27H34N4O7/c1-29(2)12-8-20-17-31(24-7-6-22(35-3)15-23(20)24)26(33)36-18-37-27(34)38-21-9-13-30(14-10-21)25(32)19-5-4-11-28-16-19/h4,6-7,11,15-17,21,28H,5,8-10,12-14,18H2,1-3H3. The molecule has 3 heterocycles. The normalized spacial score (nSPS) is 15.7. The van der Waals surface area contributed by atoms with Gasteiger partial charge in [0.2, 0.25) is 6.79 Å². The predicted molar refractivity (Wildman–Crippen MR) is 140 cm³/mol. The SMILES string of the molecule is COc1ccc2c(c1)c(CCN(C)C)cn2C(=O)OCOC(=O)OC1CCN(C(=O)C2=CNC=CC2)CC1. The maximum atomic E-state index is 12.8. The van der Waals surface area contributed by atoms with E-state index in [1.807, 2.05) is 26.2 Å². The van der Waals surface area contributed by atoms with Crippen LogP contribution in [0.1, 0.15) is 24.8 Å². The zero-order valence-electron chi connectivity index (χ0n) is 22.0. The number of nitrogens with zero attached hydrogens (tertiary/aromatic N) is 3. The largest absolute Gasteiger partial charge is 0.511 e. The van der Waals surface area contributed by atoms with E-state index in [2.05, 4.69) is 10.2 Å². The summed E-state index contributed by atoms with van der Waals surface area (Å²) in [7, 11) is 5.56. The van der Waals surface area contributed by atoms with Crippen molar-refractivity contribution in [3.8, 4) is 5.75 Å². The van der Waals surface area contributed by atoms with E-state index in [0.717, 1.165) is 23.9 Å². The van der Waals surface area contributed by atoms with E-state index >= 15 is 0 Å². The van der Waals surface area contributed by atoms with Crippen molar-refractivity contribution in [1.29, 1.82) is 0 Å². The van der Waals surface area contributed by atoms with Gasteiger partial charge < -0.3 is 34.1 Å². The molecule has 2 aliphatic heterocycles. The van der Waals surface area contributed by atoms with Gasteiger partial charge in [-0.25, -0.2) is 9.59 Å². The summed E-state index contributed by atoms with van der Waals surface area (Å²) >= 11 is 0. The molecule has 2 aliphatic rings. The first kappa shape index (κ1) is 27.1. The molecule has 1 aromatic heterocycles. The number of benzene rings is 1. The molecule has 4 rings (SSSR count). The number of methoxy groups -OCH3 is 1. The number of carbonyl (C=O) groups is 3. The summed E-state index contributed by atoms with van der Waals surface area (Å²) in [6.45, 7) is 1.19. The molecule has 0 aliphatic carbocycles. The van der Waals surface area contributed by atoms with Crippen LogP contribution in [0.5, 0.6) is 5.75 Å². The lowest BCUT2D eigenvalue weighted by Gasteiger charge is -2.32. The lowest BCUT2D eigenvalue weighted by atomic mass is 10.1. The second kappa shape index (κ2) is 12.5. The molecule has 1 amide bonds. The summed E-state index contributed by atoms with van der Waals surface area (Å²) in [5.74, 6) is 0.673. The Labute approximate surface area is 221 Å². The van der Waals surface area contributed by atoms with Crippen molar-refractivity contribution < 1.29 is 33.3 Å². The molecule has 0 bridgehead atoms. The van der Waals surface area contributed by atoms with Crippen LogP contribution in [0.15, 0.2) is 48.4 Å². The summed E-state index contributed by atoms with van der Waals surface area (Å²) in [5, 5.41) is 3.82. The van der Waals surface area contributed by atoms with E-state index < -0.39 is 19.0 Å². The molecule has 11 heteroatoms. The van der Waals surface area contributed by atoms with Gasteiger partial charge >= 0.3 is 12.2 Å². The Morgan fingerprint density at radius 1 is 1.13 bits per heavy atom. The molecule has 11 nitrogen and oxygen atoms in total. The maximum Gasteiger partial charge on any atom is 0.511 e. The number of likely N-dealkylation sites (tertiary alicyclic amines) is 1. The molecule has 1 saturated heterocycles. The van der Waals surface area contributed by atoms with Gasteiger partial charge in [-0.2, -0.15) is 0 Å². The summed E-state index contributed by atoms with van der Waals surface area (Å²) in [6, 6.07) is 5.45. The number of ether oxygens (including phenoxy) is 4. The smallest absolute Gasteiger partial charge is 0.497 e. The Balaban J connectivity index is 1.25. The molecule has 1 fully saturated rings. The Bertz CT molecular complexity index is 1230. The first-order chi connectivity index (χ1) is 18.4. The van der Waals surface area contributed by atoms with Crippen molar-refractivity contribution in [3.63, 3.8) is 0 Å². The van der Waals surface area contributed by atoms with E-state index in [0.29, 0.717) is 49.2 Å². The lowest BCUT2D eigenvalue weighted by molar-refractivity contribution is -0.129. The first-order valence-corrected chi connectivity index (χ1v) is 12.6. The summed E-state index contributed by atoms with van der Waals surface area (Å²) < 4.78 is 22.3. The number of aromatic nitrogens is 1. The number of likely N-dealkylation sites (N-methyl/N-ethyl adjacent to an activating group) is 1. The van der Waals surface area contributed by atoms with Crippen LogP contribution in [0.2, 0.25) is 0 Å². The zero-order chi connectivity index (χ0) is 27.1. The van der Waals surface area contributed by atoms with Crippen molar-refractivity contribution in [2.45, 2.75) is 31.8 Å². The number of allylic oxidation sites excluding steroid dienone is 1. The van der Waals surface area contributed by atoms with Crippen LogP contribution in [0.3, 0.4) is 0 Å². The van der Waals surface area contributed by atoms with Gasteiger partial charge in [0.05, 0.1) is 12.6 Å². The van der Waals surface area contributed by atoms with E-state index in [4.69, 9.17) is 18.9 Å². The number of dihydropyridines is 1. The number of rotatable bonds is 8. The molecule has 0 spiro atoms. The van der Waals surface area contributed by atoms with Crippen LogP contribution in [-0.2, 0) is 25.4 Å². The van der Waals surface area contributed by atoms with Crippen LogP contribution in [0, 0.1) is 0 Å². The quantitative estimate of drug-likeness (QED) is 0.409. The second-order valence-electron chi connectivity index (χ2n) is 9.44. The van der Waals surface area contributed by atoms with Gasteiger partial charge in [0, 0.05) is 55.8 Å². The fraction of sp³-hybridized carbons (Fsp3) is 0.444. The van der Waals surface area contributed by atoms with Gasteiger partial charge in [0.25, 0.3) is 5.91 Å². The molecule has 0 saturated carbocycles. The number of amides is 1. The number of hydrogen-bond acceptors (Lipinski definition) is 9. The van der Waals surface area contributed by atoms with Crippen molar-refractivity contribution in [2.75, 3.05) is 47.6 Å². The van der Waals surface area contributed by atoms with Gasteiger partial charge in [-0.3, -0.25) is 9.36 Å². The van der Waals surface area contributed by atoms with E-state index in [1.54, 1.807) is 42.7 Å². The Morgan fingerprint density at radius 2 is 1.92 bits per heavy atom. The molecule has 38 heavy (non-hydrogen) atoms. The fourth-order valence-corrected chi connectivity index (χ4v) is 4.46. The molecule has 1 N–H and O–H groups in total. The Morgan fingerprint density at radius 3 is 2.61 bits per heavy atom. The topological polar surface area (TPSA) is 112 Å². The molecule has 0 unspecified atom stereocenters. The van der Waals surface area contributed by atoms with Crippen LogP contribution in [-0.4, -0.2) is 86.3 Å². The highest BCUT2D eigenvalue weighted by Crippen LogP contribution is 2.27. The summed E-state index contributed by atoms with van der Waals surface area (Å²) in [4.78, 5) is 41.3. The number of piperidine rings is 1. The minimum atomic E-state index is -0.916. The Hall–Kier alpha value is -3.99. The van der Waals surface area contributed by atoms with Crippen LogP contribution in [0.4, 0.5) is 9.59 Å². The molecule has 1 aromatic carbocycles. The highest BCUT2D eigenvalue weighted by Gasteiger charge is 2.27. The van der Waals surface area contributed by atoms with E-state index in [-0.39, 0.29) is 12.0 Å². The molecule has 0 atom stereocenters. The minimum absolute atomic E-state index is 0.0179. The average molecular weight is 527 g/mol. The highest BCUT2D eigenvalue weighted by molar-refractivity contribution is 5.94. The van der Waals surface area contributed by atoms with Crippen LogP contribution in [0.25, 0.3) is 10.9 Å². The van der Waals surface area contributed by atoms with E-state index in [1.165, 1.54) is 4.57 Å². The fourth-order valence-electron chi connectivity index (χ4n) is 4.46. The van der Waals surface area contributed by atoms with Crippen molar-refractivity contribution >= 4 is 29.1 Å². The number of carbonyl (C=O) groups excluding carboxylic acids is 3.